The van der Waals surface area contributed by atoms with E-state index in [1.165, 1.54) is 31.4 Å². The second kappa shape index (κ2) is 6.08. The Morgan fingerprint density at radius 1 is 1.25 bits per heavy atom. The maximum Gasteiger partial charge on any atom is 0.141 e. The average Bonchev–Trinajstić information content (AvgIpc) is 2.41. The minimum Gasteiger partial charge on any atom is -0.496 e. The van der Waals surface area contributed by atoms with E-state index in [0.29, 0.717) is 5.56 Å². The molecule has 0 fully saturated rings. The Morgan fingerprint density at radius 3 is 2.55 bits per heavy atom. The Morgan fingerprint density at radius 2 is 1.95 bits per heavy atom. The number of halogens is 4. The third-order valence-electron chi connectivity index (χ3n) is 2.92. The van der Waals surface area contributed by atoms with Crippen molar-refractivity contribution in [3.05, 3.63) is 62.6 Å². The molecular weight excluding hydrogens is 352 g/mol. The molecule has 0 saturated carbocycles. The smallest absolute Gasteiger partial charge is 0.141 e. The van der Waals surface area contributed by atoms with Crippen molar-refractivity contribution >= 4 is 27.5 Å². The normalized spacial score (nSPS) is 12.3. The molecule has 1 unspecified atom stereocenters. The van der Waals surface area contributed by atoms with Gasteiger partial charge in [0.2, 0.25) is 0 Å². The summed E-state index contributed by atoms with van der Waals surface area (Å²) in [7, 11) is 1.39. The lowest BCUT2D eigenvalue weighted by molar-refractivity contribution is 0.403. The maximum absolute atomic E-state index is 13.9. The van der Waals surface area contributed by atoms with Crippen LogP contribution in [-0.2, 0) is 0 Å². The molecule has 0 heterocycles. The van der Waals surface area contributed by atoms with Gasteiger partial charge in [0.15, 0.2) is 0 Å². The first-order chi connectivity index (χ1) is 9.45. The molecule has 0 radical (unpaired) electrons. The van der Waals surface area contributed by atoms with Crippen LogP contribution in [-0.4, -0.2) is 7.11 Å². The topological polar surface area (TPSA) is 35.2 Å². The summed E-state index contributed by atoms with van der Waals surface area (Å²) in [6.07, 6.45) is 0. The quantitative estimate of drug-likeness (QED) is 0.876. The lowest BCUT2D eigenvalue weighted by Gasteiger charge is -2.18. The number of hydrogen-bond acceptors (Lipinski definition) is 2. The monoisotopic (exact) mass is 361 g/mol. The Bertz CT molecular complexity index is 631. The molecule has 0 bridgehead atoms. The molecule has 2 rings (SSSR count). The van der Waals surface area contributed by atoms with Crippen molar-refractivity contribution in [2.45, 2.75) is 6.04 Å². The van der Waals surface area contributed by atoms with E-state index in [0.717, 1.165) is 0 Å². The maximum atomic E-state index is 13.9. The number of benzene rings is 2. The van der Waals surface area contributed by atoms with Gasteiger partial charge in [-0.25, -0.2) is 8.78 Å². The van der Waals surface area contributed by atoms with Gasteiger partial charge in [0.1, 0.15) is 17.4 Å². The number of nitrogens with two attached hydrogens (primary N) is 1. The van der Waals surface area contributed by atoms with Gasteiger partial charge in [-0.1, -0.05) is 17.7 Å². The number of methoxy groups -OCH3 is 1. The molecular formula is C14H11BrClF2NO. The van der Waals surface area contributed by atoms with Gasteiger partial charge >= 0.3 is 0 Å². The Kier molecular flexibility index (Phi) is 4.62. The summed E-state index contributed by atoms with van der Waals surface area (Å²) >= 11 is 9.07. The van der Waals surface area contributed by atoms with Crippen LogP contribution in [0.4, 0.5) is 8.78 Å². The zero-order chi connectivity index (χ0) is 14.9. The molecule has 20 heavy (non-hydrogen) atoms. The van der Waals surface area contributed by atoms with Gasteiger partial charge < -0.3 is 10.5 Å². The van der Waals surface area contributed by atoms with Gasteiger partial charge in [0, 0.05) is 22.2 Å². The summed E-state index contributed by atoms with van der Waals surface area (Å²) in [5.74, 6) is -0.776. The van der Waals surface area contributed by atoms with Crippen LogP contribution in [0, 0.1) is 11.6 Å². The fourth-order valence-corrected chi connectivity index (χ4v) is 2.57. The van der Waals surface area contributed by atoms with Crippen LogP contribution in [0.1, 0.15) is 17.2 Å². The predicted octanol–water partition coefficient (Wildman–Crippen LogP) is 4.44. The van der Waals surface area contributed by atoms with Crippen molar-refractivity contribution in [1.82, 2.24) is 0 Å². The molecule has 2 N–H and O–H groups in total. The van der Waals surface area contributed by atoms with E-state index in [1.807, 2.05) is 0 Å². The summed E-state index contributed by atoms with van der Waals surface area (Å²) in [5.41, 5.74) is 6.65. The van der Waals surface area contributed by atoms with Crippen LogP contribution in [0.3, 0.4) is 0 Å². The fraction of sp³-hybridized carbons (Fsp3) is 0.143. The van der Waals surface area contributed by atoms with Gasteiger partial charge in [-0.15, -0.1) is 0 Å². The molecule has 1 atom stereocenters. The van der Waals surface area contributed by atoms with Gasteiger partial charge in [-0.3, -0.25) is 0 Å². The fourth-order valence-electron chi connectivity index (χ4n) is 1.93. The Labute approximate surface area is 128 Å². The van der Waals surface area contributed by atoms with Gasteiger partial charge in [-0.05, 0) is 34.1 Å². The SMILES string of the molecule is COc1cc(F)c(Br)cc1C(N)c1c(F)cccc1Cl. The zero-order valence-electron chi connectivity index (χ0n) is 10.5. The van der Waals surface area contributed by atoms with Crippen molar-refractivity contribution < 1.29 is 13.5 Å². The van der Waals surface area contributed by atoms with Crippen molar-refractivity contribution in [2.24, 2.45) is 5.73 Å². The van der Waals surface area contributed by atoms with E-state index in [-0.39, 0.29) is 20.8 Å². The molecule has 0 aliphatic heterocycles. The largest absolute Gasteiger partial charge is 0.496 e. The van der Waals surface area contributed by atoms with Crippen LogP contribution >= 0.6 is 27.5 Å². The lowest BCUT2D eigenvalue weighted by atomic mass is 9.98. The third kappa shape index (κ3) is 2.80. The van der Waals surface area contributed by atoms with Crippen LogP contribution in [0.5, 0.6) is 5.75 Å². The number of ether oxygens (including phenoxy) is 1. The van der Waals surface area contributed by atoms with Gasteiger partial charge in [0.05, 0.1) is 17.6 Å². The summed E-state index contributed by atoms with van der Waals surface area (Å²) in [4.78, 5) is 0. The van der Waals surface area contributed by atoms with Crippen LogP contribution in [0.25, 0.3) is 0 Å². The van der Waals surface area contributed by atoms with Crippen molar-refractivity contribution in [2.75, 3.05) is 7.11 Å². The van der Waals surface area contributed by atoms with Crippen molar-refractivity contribution in [3.63, 3.8) is 0 Å². The van der Waals surface area contributed by atoms with E-state index in [2.05, 4.69) is 15.9 Å². The second-order valence-corrected chi connectivity index (χ2v) is 5.38. The first kappa shape index (κ1) is 15.2. The van der Waals surface area contributed by atoms with E-state index in [1.54, 1.807) is 6.07 Å². The van der Waals surface area contributed by atoms with Crippen LogP contribution in [0.15, 0.2) is 34.8 Å². The molecule has 6 heteroatoms. The predicted molar refractivity (Wildman–Crippen MR) is 78.1 cm³/mol. The molecule has 0 spiro atoms. The number of hydrogen-bond donors (Lipinski definition) is 1. The Balaban J connectivity index is 2.59. The number of rotatable bonds is 3. The van der Waals surface area contributed by atoms with Crippen LogP contribution in [0.2, 0.25) is 5.02 Å². The highest BCUT2D eigenvalue weighted by Gasteiger charge is 2.21. The van der Waals surface area contributed by atoms with Gasteiger partial charge in [0.25, 0.3) is 0 Å². The first-order valence-corrected chi connectivity index (χ1v) is 6.85. The molecule has 0 aliphatic carbocycles. The highest BCUT2D eigenvalue weighted by atomic mass is 79.9. The molecule has 2 aromatic rings. The lowest BCUT2D eigenvalue weighted by Crippen LogP contribution is -2.15. The Hall–Kier alpha value is -1.17. The molecule has 106 valence electrons. The average molecular weight is 363 g/mol. The second-order valence-electron chi connectivity index (χ2n) is 4.12. The molecule has 2 aromatic carbocycles. The molecule has 0 amide bonds. The third-order valence-corrected chi connectivity index (χ3v) is 3.86. The molecule has 0 aromatic heterocycles. The minimum absolute atomic E-state index is 0.144. The summed E-state index contributed by atoms with van der Waals surface area (Å²) in [6, 6.07) is 6.09. The van der Waals surface area contributed by atoms with E-state index in [4.69, 9.17) is 22.1 Å². The van der Waals surface area contributed by atoms with Crippen molar-refractivity contribution in [1.29, 1.82) is 0 Å². The highest BCUT2D eigenvalue weighted by Crippen LogP contribution is 2.36. The highest BCUT2D eigenvalue weighted by molar-refractivity contribution is 9.10. The zero-order valence-corrected chi connectivity index (χ0v) is 12.8. The standard InChI is InChI=1S/C14H11BrClF2NO/c1-20-12-6-11(18)8(15)5-7(12)14(19)13-9(16)3-2-4-10(13)17/h2-6,14H,19H2,1H3. The first-order valence-electron chi connectivity index (χ1n) is 5.68. The van der Waals surface area contributed by atoms with Crippen molar-refractivity contribution in [3.8, 4) is 5.75 Å². The summed E-state index contributed by atoms with van der Waals surface area (Å²) in [5, 5.41) is 0.208. The minimum atomic E-state index is -0.865. The molecule has 0 saturated heterocycles. The van der Waals surface area contributed by atoms with E-state index >= 15 is 0 Å². The van der Waals surface area contributed by atoms with Crippen LogP contribution < -0.4 is 10.5 Å². The van der Waals surface area contributed by atoms with E-state index < -0.39 is 17.7 Å². The van der Waals surface area contributed by atoms with E-state index in [9.17, 15) is 8.78 Å². The molecule has 2 nitrogen and oxygen atoms in total. The summed E-state index contributed by atoms with van der Waals surface area (Å²) in [6.45, 7) is 0. The molecule has 0 aliphatic rings. The van der Waals surface area contributed by atoms with Gasteiger partial charge in [-0.2, -0.15) is 0 Å². The summed E-state index contributed by atoms with van der Waals surface area (Å²) < 4.78 is 32.7.